The second-order valence-electron chi connectivity index (χ2n) is 6.04. The minimum absolute atomic E-state index is 0.151. The molecule has 7 nitrogen and oxygen atoms in total. The summed E-state index contributed by atoms with van der Waals surface area (Å²) in [5.74, 6) is -0.197. The molecule has 0 unspecified atom stereocenters. The van der Waals surface area contributed by atoms with E-state index >= 15 is 0 Å². The Bertz CT molecular complexity index is 987. The Morgan fingerprint density at radius 2 is 1.63 bits per heavy atom. The molecule has 8 heteroatoms. The molecule has 1 amide bonds. The Labute approximate surface area is 158 Å². The van der Waals surface area contributed by atoms with Crippen molar-refractivity contribution in [3.63, 3.8) is 0 Å². The van der Waals surface area contributed by atoms with Crippen LogP contribution < -0.4 is 10.6 Å². The fourth-order valence-electron chi connectivity index (χ4n) is 2.18. The lowest BCUT2D eigenvalue weighted by molar-refractivity contribution is -0.112. The number of carbonyl (C=O) groups excluding carboxylic acids is 1. The van der Waals surface area contributed by atoms with Crippen molar-refractivity contribution in [1.82, 2.24) is 0 Å². The molecule has 0 fully saturated rings. The van der Waals surface area contributed by atoms with Crippen LogP contribution in [0.2, 0.25) is 0 Å². The molecular formula is C19H19N3O4S. The van der Waals surface area contributed by atoms with Gasteiger partial charge in [-0.25, -0.2) is 0 Å². The summed E-state index contributed by atoms with van der Waals surface area (Å²) in [6.45, 7) is 4.14. The van der Waals surface area contributed by atoms with Crippen molar-refractivity contribution in [2.24, 2.45) is 0 Å². The number of hydrogen-bond acceptors (Lipinski definition) is 5. The van der Waals surface area contributed by atoms with E-state index in [4.69, 9.17) is 4.55 Å². The smallest absolute Gasteiger partial charge is 0.294 e. The van der Waals surface area contributed by atoms with Gasteiger partial charge in [0.05, 0.1) is 4.90 Å². The van der Waals surface area contributed by atoms with Gasteiger partial charge < -0.3 is 10.6 Å². The number of nitriles is 1. The Balaban J connectivity index is 2.06. The van der Waals surface area contributed by atoms with Crippen molar-refractivity contribution >= 4 is 27.4 Å². The number of nitrogens with zero attached hydrogens (tertiary/aromatic N) is 1. The first-order chi connectivity index (χ1) is 12.7. The number of benzene rings is 2. The first kappa shape index (κ1) is 20.2. The van der Waals surface area contributed by atoms with Gasteiger partial charge in [0.15, 0.2) is 0 Å². The minimum Gasteiger partial charge on any atom is -0.360 e. The number of rotatable bonds is 6. The standard InChI is InChI=1S/C19H19N3O4S/c1-13(2)14-3-5-17(6-4-14)22-19(23)15(11-20)12-21-16-7-9-18(10-8-16)27(24,25)26/h3-10,12-13,21H,1-2H3,(H,22,23)(H,24,25,26)/b15-12-. The molecule has 0 radical (unpaired) electrons. The van der Waals surface area contributed by atoms with Gasteiger partial charge in [0.25, 0.3) is 16.0 Å². The lowest BCUT2D eigenvalue weighted by atomic mass is 10.0. The van der Waals surface area contributed by atoms with Crippen LogP contribution in [0.3, 0.4) is 0 Å². The fraction of sp³-hybridized carbons (Fsp3) is 0.158. The normalized spacial score (nSPS) is 11.7. The third kappa shape index (κ3) is 5.67. The summed E-state index contributed by atoms with van der Waals surface area (Å²) in [4.78, 5) is 12.0. The molecule has 27 heavy (non-hydrogen) atoms. The van der Waals surface area contributed by atoms with Gasteiger partial charge >= 0.3 is 0 Å². The molecule has 0 saturated carbocycles. The van der Waals surface area contributed by atoms with Crippen molar-refractivity contribution in [3.05, 3.63) is 65.9 Å². The number of nitrogens with one attached hydrogen (secondary N) is 2. The first-order valence-electron chi connectivity index (χ1n) is 8.06. The maximum absolute atomic E-state index is 12.2. The zero-order chi connectivity index (χ0) is 20.0. The van der Waals surface area contributed by atoms with Crippen molar-refractivity contribution in [2.75, 3.05) is 10.6 Å². The molecule has 3 N–H and O–H groups in total. The quantitative estimate of drug-likeness (QED) is 0.398. The van der Waals surface area contributed by atoms with Gasteiger partial charge in [-0.15, -0.1) is 0 Å². The summed E-state index contributed by atoms with van der Waals surface area (Å²) in [5.41, 5.74) is 2.01. The van der Waals surface area contributed by atoms with Crippen molar-refractivity contribution in [2.45, 2.75) is 24.7 Å². The minimum atomic E-state index is -4.27. The fourth-order valence-corrected chi connectivity index (χ4v) is 2.66. The molecule has 0 bridgehead atoms. The lowest BCUT2D eigenvalue weighted by Crippen LogP contribution is -2.14. The maximum Gasteiger partial charge on any atom is 0.294 e. The van der Waals surface area contributed by atoms with E-state index in [1.807, 2.05) is 18.2 Å². The van der Waals surface area contributed by atoms with Crippen LogP contribution in [-0.4, -0.2) is 18.9 Å². The van der Waals surface area contributed by atoms with E-state index < -0.39 is 16.0 Å². The van der Waals surface area contributed by atoms with Gasteiger partial charge in [0.2, 0.25) is 0 Å². The molecule has 0 saturated heterocycles. The second kappa shape index (κ2) is 8.49. The maximum atomic E-state index is 12.2. The van der Waals surface area contributed by atoms with E-state index in [1.165, 1.54) is 30.5 Å². The average Bonchev–Trinajstić information content (AvgIpc) is 2.62. The molecule has 2 rings (SSSR count). The third-order valence-corrected chi connectivity index (χ3v) is 4.60. The Kier molecular flexibility index (Phi) is 6.34. The van der Waals surface area contributed by atoms with Gasteiger partial charge in [-0.1, -0.05) is 26.0 Å². The van der Waals surface area contributed by atoms with E-state index in [-0.39, 0.29) is 10.5 Å². The highest BCUT2D eigenvalue weighted by Crippen LogP contribution is 2.18. The van der Waals surface area contributed by atoms with Crippen LogP contribution >= 0.6 is 0 Å². The van der Waals surface area contributed by atoms with Gasteiger partial charge in [-0.05, 0) is 47.9 Å². The summed E-state index contributed by atoms with van der Waals surface area (Å²) in [6, 6.07) is 14.4. The van der Waals surface area contributed by atoms with Crippen LogP contribution in [0.1, 0.15) is 25.3 Å². The molecule has 2 aromatic carbocycles. The monoisotopic (exact) mass is 385 g/mol. The second-order valence-corrected chi connectivity index (χ2v) is 7.47. The van der Waals surface area contributed by atoms with Crippen LogP contribution in [0.4, 0.5) is 11.4 Å². The highest BCUT2D eigenvalue weighted by Gasteiger charge is 2.11. The largest absolute Gasteiger partial charge is 0.360 e. The summed E-state index contributed by atoms with van der Waals surface area (Å²) < 4.78 is 31.0. The van der Waals surface area contributed by atoms with Crippen LogP contribution in [0.5, 0.6) is 0 Å². The van der Waals surface area contributed by atoms with E-state index in [2.05, 4.69) is 24.5 Å². The zero-order valence-corrected chi connectivity index (χ0v) is 15.6. The topological polar surface area (TPSA) is 119 Å². The van der Waals surface area contributed by atoms with E-state index in [0.29, 0.717) is 17.3 Å². The predicted octanol–water partition coefficient (Wildman–Crippen LogP) is 3.51. The Morgan fingerprint density at radius 1 is 1.07 bits per heavy atom. The Morgan fingerprint density at radius 3 is 2.11 bits per heavy atom. The third-order valence-electron chi connectivity index (χ3n) is 3.74. The number of hydrogen-bond donors (Lipinski definition) is 3. The van der Waals surface area contributed by atoms with Crippen LogP contribution in [0.25, 0.3) is 0 Å². The zero-order valence-electron chi connectivity index (χ0n) is 14.8. The van der Waals surface area contributed by atoms with Crippen LogP contribution in [-0.2, 0) is 14.9 Å². The number of amides is 1. The summed E-state index contributed by atoms with van der Waals surface area (Å²) in [5, 5.41) is 14.6. The summed E-state index contributed by atoms with van der Waals surface area (Å²) >= 11 is 0. The molecule has 0 heterocycles. The molecule has 0 aliphatic heterocycles. The molecule has 0 aliphatic rings. The molecular weight excluding hydrogens is 366 g/mol. The van der Waals surface area contributed by atoms with Crippen molar-refractivity contribution in [1.29, 1.82) is 5.26 Å². The lowest BCUT2D eigenvalue weighted by Gasteiger charge is -2.08. The molecule has 2 aromatic rings. The van der Waals surface area contributed by atoms with Crippen molar-refractivity contribution < 1.29 is 17.8 Å². The van der Waals surface area contributed by atoms with Gasteiger partial charge in [0, 0.05) is 17.6 Å². The van der Waals surface area contributed by atoms with Crippen LogP contribution in [0.15, 0.2) is 65.2 Å². The first-order valence-corrected chi connectivity index (χ1v) is 9.50. The van der Waals surface area contributed by atoms with E-state index in [9.17, 15) is 18.5 Å². The van der Waals surface area contributed by atoms with Gasteiger partial charge in [-0.2, -0.15) is 13.7 Å². The van der Waals surface area contributed by atoms with Gasteiger partial charge in [0.1, 0.15) is 11.6 Å². The number of anilines is 2. The molecule has 0 atom stereocenters. The molecule has 0 aliphatic carbocycles. The highest BCUT2D eigenvalue weighted by molar-refractivity contribution is 7.85. The highest BCUT2D eigenvalue weighted by atomic mass is 32.2. The molecule has 0 spiro atoms. The Hall–Kier alpha value is -3.15. The molecule has 140 valence electrons. The summed E-state index contributed by atoms with van der Waals surface area (Å²) in [6.07, 6.45) is 1.22. The SMILES string of the molecule is CC(C)c1ccc(NC(=O)/C(C#N)=C\Nc2ccc(S(=O)(=O)O)cc2)cc1. The van der Waals surface area contributed by atoms with Crippen LogP contribution in [0, 0.1) is 11.3 Å². The van der Waals surface area contributed by atoms with Gasteiger partial charge in [-0.3, -0.25) is 9.35 Å². The van der Waals surface area contributed by atoms with E-state index in [1.54, 1.807) is 12.1 Å². The summed E-state index contributed by atoms with van der Waals surface area (Å²) in [7, 11) is -4.27. The predicted molar refractivity (Wildman–Crippen MR) is 103 cm³/mol. The molecule has 0 aromatic heterocycles. The average molecular weight is 385 g/mol. The number of carbonyl (C=O) groups is 1. The van der Waals surface area contributed by atoms with Crippen molar-refractivity contribution in [3.8, 4) is 6.07 Å². The van der Waals surface area contributed by atoms with E-state index in [0.717, 1.165) is 5.56 Å².